The first-order chi connectivity index (χ1) is 11.2. The molecule has 1 aromatic rings. The first-order valence-corrected chi connectivity index (χ1v) is 9.13. The molecule has 0 saturated heterocycles. The average Bonchev–Trinajstić information content (AvgIpc) is 2.61. The molecule has 3 heteroatoms. The number of rotatable bonds is 8. The van der Waals surface area contributed by atoms with Crippen molar-refractivity contribution in [3.05, 3.63) is 29.8 Å². The summed E-state index contributed by atoms with van der Waals surface area (Å²) in [4.78, 5) is 12.3. The molecule has 0 aromatic heterocycles. The molecule has 1 aliphatic rings. The molecule has 1 aliphatic carbocycles. The second kappa shape index (κ2) is 9.59. The third-order valence-electron chi connectivity index (χ3n) is 5.06. The van der Waals surface area contributed by atoms with Crippen molar-refractivity contribution < 1.29 is 9.53 Å². The Balaban J connectivity index is 1.65. The number of nitrogens with one attached hydrogen (secondary N) is 1. The Labute approximate surface area is 140 Å². The van der Waals surface area contributed by atoms with E-state index < -0.39 is 0 Å². The lowest BCUT2D eigenvalue weighted by atomic mass is 9.79. The van der Waals surface area contributed by atoms with Gasteiger partial charge in [0.05, 0.1) is 7.11 Å². The molecule has 1 saturated carbocycles. The van der Waals surface area contributed by atoms with E-state index in [0.29, 0.717) is 0 Å². The Hall–Kier alpha value is -1.51. The Bertz CT molecular complexity index is 461. The molecule has 0 aliphatic heterocycles. The number of amides is 1. The third kappa shape index (κ3) is 5.89. The number of benzene rings is 1. The fourth-order valence-electron chi connectivity index (χ4n) is 3.47. The van der Waals surface area contributed by atoms with Crippen LogP contribution in [0.15, 0.2) is 24.3 Å². The summed E-state index contributed by atoms with van der Waals surface area (Å²) >= 11 is 0. The monoisotopic (exact) mass is 317 g/mol. The zero-order valence-corrected chi connectivity index (χ0v) is 14.6. The highest BCUT2D eigenvalue weighted by atomic mass is 16.5. The maximum Gasteiger partial charge on any atom is 0.223 e. The predicted molar refractivity (Wildman–Crippen MR) is 94.7 cm³/mol. The molecule has 0 spiro atoms. The number of carbonyl (C=O) groups is 1. The van der Waals surface area contributed by atoms with Gasteiger partial charge >= 0.3 is 0 Å². The Morgan fingerprint density at radius 2 is 1.87 bits per heavy atom. The Kier molecular flexibility index (Phi) is 7.44. The highest BCUT2D eigenvalue weighted by Crippen LogP contribution is 2.31. The van der Waals surface area contributed by atoms with Crippen LogP contribution in [0.1, 0.15) is 57.4 Å². The van der Waals surface area contributed by atoms with Gasteiger partial charge in [0.25, 0.3) is 0 Å². The molecule has 0 heterocycles. The van der Waals surface area contributed by atoms with E-state index in [-0.39, 0.29) is 11.8 Å². The highest BCUT2D eigenvalue weighted by molar-refractivity contribution is 5.78. The molecular formula is C20H31NO2. The summed E-state index contributed by atoms with van der Waals surface area (Å²) in [6, 6.07) is 8.05. The second-order valence-corrected chi connectivity index (χ2v) is 6.75. The van der Waals surface area contributed by atoms with Gasteiger partial charge in [0.2, 0.25) is 5.91 Å². The molecule has 0 radical (unpaired) electrons. The van der Waals surface area contributed by atoms with E-state index in [1.807, 2.05) is 12.1 Å². The molecule has 128 valence electrons. The number of hydrogen-bond acceptors (Lipinski definition) is 2. The standard InChI is InChI=1S/C20H31NO2/c1-3-4-5-16-6-10-18(11-7-16)20(22)21-15-14-17-8-12-19(23-2)13-9-17/h8-9,12-13,16,18H,3-7,10-11,14-15H2,1-2H3,(H,21,22). The maximum absolute atomic E-state index is 12.3. The van der Waals surface area contributed by atoms with Crippen LogP contribution < -0.4 is 10.1 Å². The van der Waals surface area contributed by atoms with Crippen LogP contribution in [-0.4, -0.2) is 19.6 Å². The molecule has 1 N–H and O–H groups in total. The Morgan fingerprint density at radius 1 is 1.17 bits per heavy atom. The van der Waals surface area contributed by atoms with Gasteiger partial charge in [-0.25, -0.2) is 0 Å². The van der Waals surface area contributed by atoms with Gasteiger partial charge in [-0.1, -0.05) is 38.3 Å². The molecule has 3 nitrogen and oxygen atoms in total. The van der Waals surface area contributed by atoms with E-state index in [4.69, 9.17) is 4.74 Å². The molecule has 23 heavy (non-hydrogen) atoms. The minimum atomic E-state index is 0.240. The second-order valence-electron chi connectivity index (χ2n) is 6.75. The van der Waals surface area contributed by atoms with Crippen molar-refractivity contribution in [1.29, 1.82) is 0 Å². The van der Waals surface area contributed by atoms with Crippen LogP contribution in [0, 0.1) is 11.8 Å². The van der Waals surface area contributed by atoms with Crippen molar-refractivity contribution >= 4 is 5.91 Å². The van der Waals surface area contributed by atoms with Crippen LogP contribution in [0.4, 0.5) is 0 Å². The van der Waals surface area contributed by atoms with Crippen LogP contribution in [0.5, 0.6) is 5.75 Å². The zero-order chi connectivity index (χ0) is 16.5. The van der Waals surface area contributed by atoms with Crippen LogP contribution in [0.2, 0.25) is 0 Å². The summed E-state index contributed by atoms with van der Waals surface area (Å²) in [7, 11) is 1.67. The minimum Gasteiger partial charge on any atom is -0.497 e. The average molecular weight is 317 g/mol. The van der Waals surface area contributed by atoms with E-state index in [1.54, 1.807) is 7.11 Å². The number of methoxy groups -OCH3 is 1. The molecule has 0 atom stereocenters. The normalized spacial score (nSPS) is 21.0. The zero-order valence-electron chi connectivity index (χ0n) is 14.6. The van der Waals surface area contributed by atoms with Gasteiger partial charge < -0.3 is 10.1 Å². The summed E-state index contributed by atoms with van der Waals surface area (Å²) in [5.74, 6) is 2.23. The van der Waals surface area contributed by atoms with Crippen LogP contribution >= 0.6 is 0 Å². The topological polar surface area (TPSA) is 38.3 Å². The largest absolute Gasteiger partial charge is 0.497 e. The smallest absolute Gasteiger partial charge is 0.223 e. The molecule has 1 aromatic carbocycles. The number of ether oxygens (including phenoxy) is 1. The molecular weight excluding hydrogens is 286 g/mol. The van der Waals surface area contributed by atoms with Gasteiger partial charge in [-0.2, -0.15) is 0 Å². The van der Waals surface area contributed by atoms with Crippen molar-refractivity contribution in [3.63, 3.8) is 0 Å². The summed E-state index contributed by atoms with van der Waals surface area (Å²) in [5, 5.41) is 3.12. The fraction of sp³-hybridized carbons (Fsp3) is 0.650. The fourth-order valence-corrected chi connectivity index (χ4v) is 3.47. The lowest BCUT2D eigenvalue weighted by Crippen LogP contribution is -2.34. The van der Waals surface area contributed by atoms with Crippen molar-refractivity contribution in [2.24, 2.45) is 11.8 Å². The van der Waals surface area contributed by atoms with Crippen LogP contribution in [0.3, 0.4) is 0 Å². The first kappa shape index (κ1) is 17.8. The summed E-state index contributed by atoms with van der Waals surface area (Å²) < 4.78 is 5.15. The van der Waals surface area contributed by atoms with Gasteiger partial charge in [0.15, 0.2) is 0 Å². The van der Waals surface area contributed by atoms with Gasteiger partial charge in [-0.3, -0.25) is 4.79 Å². The molecule has 0 unspecified atom stereocenters. The predicted octanol–water partition coefficient (Wildman–Crippen LogP) is 4.35. The van der Waals surface area contributed by atoms with Gasteiger partial charge in [0, 0.05) is 12.5 Å². The summed E-state index contributed by atoms with van der Waals surface area (Å²) in [5.41, 5.74) is 1.23. The quantitative estimate of drug-likeness (QED) is 0.774. The highest BCUT2D eigenvalue weighted by Gasteiger charge is 2.25. The summed E-state index contributed by atoms with van der Waals surface area (Å²) in [6.45, 7) is 2.98. The van der Waals surface area contributed by atoms with Crippen molar-refractivity contribution in [2.45, 2.75) is 58.3 Å². The molecule has 2 rings (SSSR count). The molecule has 1 fully saturated rings. The van der Waals surface area contributed by atoms with Gasteiger partial charge in [-0.05, 0) is 55.7 Å². The molecule has 1 amide bonds. The van der Waals surface area contributed by atoms with E-state index in [0.717, 1.165) is 37.5 Å². The van der Waals surface area contributed by atoms with Crippen molar-refractivity contribution in [1.82, 2.24) is 5.32 Å². The van der Waals surface area contributed by atoms with Crippen LogP contribution in [-0.2, 0) is 11.2 Å². The third-order valence-corrected chi connectivity index (χ3v) is 5.06. The van der Waals surface area contributed by atoms with Crippen molar-refractivity contribution in [2.75, 3.05) is 13.7 Å². The summed E-state index contributed by atoms with van der Waals surface area (Å²) in [6.07, 6.45) is 9.46. The maximum atomic E-state index is 12.3. The number of unbranched alkanes of at least 4 members (excludes halogenated alkanes) is 1. The first-order valence-electron chi connectivity index (χ1n) is 9.13. The van der Waals surface area contributed by atoms with E-state index in [2.05, 4.69) is 24.4 Å². The SMILES string of the molecule is CCCCC1CCC(C(=O)NCCc2ccc(OC)cc2)CC1. The van der Waals surface area contributed by atoms with Gasteiger partial charge in [-0.15, -0.1) is 0 Å². The lowest BCUT2D eigenvalue weighted by Gasteiger charge is -2.27. The molecule has 0 bridgehead atoms. The van der Waals surface area contributed by atoms with Crippen molar-refractivity contribution in [3.8, 4) is 5.75 Å². The van der Waals surface area contributed by atoms with E-state index >= 15 is 0 Å². The van der Waals surface area contributed by atoms with Crippen LogP contribution in [0.25, 0.3) is 0 Å². The number of hydrogen-bond donors (Lipinski definition) is 1. The lowest BCUT2D eigenvalue weighted by molar-refractivity contribution is -0.126. The van der Waals surface area contributed by atoms with Gasteiger partial charge in [0.1, 0.15) is 5.75 Å². The van der Waals surface area contributed by atoms with E-state index in [1.165, 1.54) is 37.7 Å². The number of carbonyl (C=O) groups excluding carboxylic acids is 1. The minimum absolute atomic E-state index is 0.240. The Morgan fingerprint density at radius 3 is 2.48 bits per heavy atom. The van der Waals surface area contributed by atoms with E-state index in [9.17, 15) is 4.79 Å².